The minimum atomic E-state index is -1.02. The first-order chi connectivity index (χ1) is 28.9. The molecule has 1 aliphatic rings. The van der Waals surface area contributed by atoms with E-state index in [1.807, 2.05) is 34.6 Å². The molecule has 1 fully saturated rings. The Kier molecular flexibility index (Phi) is 24.9. The number of benzene rings is 3. The van der Waals surface area contributed by atoms with Gasteiger partial charge in [0, 0.05) is 31.7 Å². The lowest BCUT2D eigenvalue weighted by atomic mass is 9.69. The van der Waals surface area contributed by atoms with E-state index < -0.39 is 12.0 Å². The van der Waals surface area contributed by atoms with E-state index in [-0.39, 0.29) is 40.3 Å². The number of rotatable bonds is 16. The van der Waals surface area contributed by atoms with Crippen molar-refractivity contribution in [2.24, 2.45) is 16.2 Å². The van der Waals surface area contributed by atoms with Crippen LogP contribution in [0.3, 0.4) is 0 Å². The van der Waals surface area contributed by atoms with Crippen LogP contribution in [0.4, 0.5) is 0 Å². The maximum Gasteiger partial charge on any atom is 0.326 e. The van der Waals surface area contributed by atoms with Crippen molar-refractivity contribution in [3.05, 3.63) is 107 Å². The maximum atomic E-state index is 12.0. The monoisotopic (exact) mass is 855 g/mol. The van der Waals surface area contributed by atoms with Gasteiger partial charge in [0.15, 0.2) is 0 Å². The van der Waals surface area contributed by atoms with Crippen molar-refractivity contribution in [2.75, 3.05) is 0 Å². The van der Waals surface area contributed by atoms with Crippen molar-refractivity contribution in [3.8, 4) is 0 Å². The van der Waals surface area contributed by atoms with Gasteiger partial charge in [0.05, 0.1) is 0 Å². The zero-order chi connectivity index (χ0) is 47.0. The minimum Gasteiger partial charge on any atom is -0.480 e. The van der Waals surface area contributed by atoms with Gasteiger partial charge in [-0.3, -0.25) is 14.4 Å². The molecule has 1 saturated carbocycles. The summed E-state index contributed by atoms with van der Waals surface area (Å²) < 4.78 is 0. The lowest BCUT2D eigenvalue weighted by Gasteiger charge is -2.38. The van der Waals surface area contributed by atoms with Crippen LogP contribution >= 0.6 is 0 Å². The first kappa shape index (κ1) is 55.8. The van der Waals surface area contributed by atoms with Gasteiger partial charge in [-0.1, -0.05) is 180 Å². The topological polar surface area (TPSA) is 113 Å². The Morgan fingerprint density at radius 2 is 1.16 bits per heavy atom. The van der Waals surface area contributed by atoms with E-state index in [0.717, 1.165) is 44.9 Å². The molecule has 0 saturated heterocycles. The number of aryl methyl sites for hydroxylation is 2. The molecule has 4 rings (SSSR count). The third kappa shape index (κ3) is 26.3. The number of hydrogen-bond acceptors (Lipinski definition) is 4. The van der Waals surface area contributed by atoms with Crippen LogP contribution in [-0.2, 0) is 37.4 Å². The average molecular weight is 855 g/mol. The number of carboxylic acid groups (broad SMARTS) is 1. The maximum absolute atomic E-state index is 12.0. The predicted octanol–water partition coefficient (Wildman–Crippen LogP) is 13.2. The standard InChI is InChI=1S/C23H35NO4.C19H29NO.C11H16.C2H6/c1-17-12-14-18(15-13-17)8-7-10-19(25)9-5-6-11-20(22(27)28)24-21(26)16-23(2,3)4;1-18(2,3)14-17(21)20-16-10-12-19(4,13-11-16)15-8-6-5-7-9-15;1-11(2,3)9-10-7-5-4-6-8-10;1-2/h12-15,20H,5-11,16H2,1-4H3,(H,24,26)(H,27,28);5-9,16H,10-14H2,1-4H3,(H,20,21);4-8H,9H2,1-3H3;1-2H3/t20-;;;/m0.../s1. The quantitative estimate of drug-likeness (QED) is 0.124. The third-order valence-corrected chi connectivity index (χ3v) is 10.8. The van der Waals surface area contributed by atoms with Crippen LogP contribution in [0, 0.1) is 23.2 Å². The van der Waals surface area contributed by atoms with Crippen molar-refractivity contribution in [2.45, 2.75) is 197 Å². The van der Waals surface area contributed by atoms with Crippen molar-refractivity contribution in [1.29, 1.82) is 0 Å². The fraction of sp³-hybridized carbons (Fsp3) is 0.600. The molecule has 2 amide bonds. The summed E-state index contributed by atoms with van der Waals surface area (Å²) in [5, 5.41) is 15.1. The van der Waals surface area contributed by atoms with E-state index in [1.54, 1.807) is 0 Å². The molecular formula is C55H86N2O5. The molecular weight excluding hydrogens is 769 g/mol. The van der Waals surface area contributed by atoms with Crippen LogP contribution in [0.15, 0.2) is 84.9 Å². The highest BCUT2D eigenvalue weighted by Gasteiger charge is 2.33. The SMILES string of the molecule is CC.CC(C)(C)CC(=O)NC1CCC(C)(c2ccccc2)CC1.CC(C)(C)Cc1ccccc1.Cc1ccc(CCCC(=O)CCCC[C@H](NC(=O)CC(C)(C)C)C(=O)O)cc1. The number of aliphatic carboxylic acids is 1. The fourth-order valence-corrected chi connectivity index (χ4v) is 7.52. The van der Waals surface area contributed by atoms with Crippen molar-refractivity contribution in [1.82, 2.24) is 10.6 Å². The van der Waals surface area contributed by atoms with E-state index in [4.69, 9.17) is 0 Å². The molecule has 346 valence electrons. The zero-order valence-electron chi connectivity index (χ0n) is 41.2. The number of nitrogens with one attached hydrogen (secondary N) is 2. The molecule has 62 heavy (non-hydrogen) atoms. The number of ketones is 1. The van der Waals surface area contributed by atoms with Gasteiger partial charge in [0.25, 0.3) is 0 Å². The van der Waals surface area contributed by atoms with Crippen LogP contribution < -0.4 is 10.6 Å². The molecule has 0 bridgehead atoms. The van der Waals surface area contributed by atoms with Crippen LogP contribution in [0.1, 0.15) is 182 Å². The first-order valence-corrected chi connectivity index (χ1v) is 23.4. The summed E-state index contributed by atoms with van der Waals surface area (Å²) in [6.45, 7) is 27.3. The number of Topliss-reactive ketones (excluding diaryl/α,β-unsaturated/α-hetero) is 1. The number of carbonyl (C=O) groups is 4. The third-order valence-electron chi connectivity index (χ3n) is 10.8. The Bertz CT molecular complexity index is 1710. The molecule has 3 aromatic carbocycles. The van der Waals surface area contributed by atoms with Crippen molar-refractivity contribution in [3.63, 3.8) is 0 Å². The summed E-state index contributed by atoms with van der Waals surface area (Å²) in [5.74, 6) is -0.842. The molecule has 0 spiro atoms. The zero-order valence-corrected chi connectivity index (χ0v) is 41.2. The fourth-order valence-electron chi connectivity index (χ4n) is 7.52. The summed E-state index contributed by atoms with van der Waals surface area (Å²) in [6, 6.07) is 29.2. The lowest BCUT2D eigenvalue weighted by molar-refractivity contribution is -0.142. The Morgan fingerprint density at radius 1 is 0.661 bits per heavy atom. The molecule has 0 aromatic heterocycles. The molecule has 0 radical (unpaired) electrons. The Balaban J connectivity index is 0.000000494. The minimum absolute atomic E-state index is 0.0668. The van der Waals surface area contributed by atoms with Gasteiger partial charge in [0.1, 0.15) is 11.8 Å². The highest BCUT2D eigenvalue weighted by molar-refractivity contribution is 5.83. The molecule has 1 aliphatic carbocycles. The second kappa shape index (κ2) is 27.7. The summed E-state index contributed by atoms with van der Waals surface area (Å²) in [6.07, 6.45) is 10.9. The molecule has 3 N–H and O–H groups in total. The summed E-state index contributed by atoms with van der Waals surface area (Å²) in [4.78, 5) is 47.3. The smallest absolute Gasteiger partial charge is 0.326 e. The van der Waals surface area contributed by atoms with Gasteiger partial charge in [0.2, 0.25) is 11.8 Å². The van der Waals surface area contributed by atoms with Crippen LogP contribution in [0.5, 0.6) is 0 Å². The van der Waals surface area contributed by atoms with Crippen molar-refractivity contribution >= 4 is 23.6 Å². The predicted molar refractivity (Wildman–Crippen MR) is 260 cm³/mol. The molecule has 0 unspecified atom stereocenters. The van der Waals surface area contributed by atoms with Gasteiger partial charge < -0.3 is 15.7 Å². The number of carbonyl (C=O) groups excluding carboxylic acids is 3. The van der Waals surface area contributed by atoms with Crippen LogP contribution in [-0.4, -0.2) is 40.8 Å². The molecule has 0 heterocycles. The molecule has 1 atom stereocenters. The highest BCUT2D eigenvalue weighted by atomic mass is 16.4. The summed E-state index contributed by atoms with van der Waals surface area (Å²) in [7, 11) is 0. The average Bonchev–Trinajstić information content (AvgIpc) is 3.18. The first-order valence-electron chi connectivity index (χ1n) is 23.4. The van der Waals surface area contributed by atoms with E-state index >= 15 is 0 Å². The summed E-state index contributed by atoms with van der Waals surface area (Å²) in [5.41, 5.74) is 5.90. The molecule has 7 heteroatoms. The van der Waals surface area contributed by atoms with Gasteiger partial charge in [-0.2, -0.15) is 0 Å². The van der Waals surface area contributed by atoms with E-state index in [2.05, 4.69) is 151 Å². The molecule has 3 aromatic rings. The highest BCUT2D eigenvalue weighted by Crippen LogP contribution is 2.39. The van der Waals surface area contributed by atoms with E-state index in [0.29, 0.717) is 50.0 Å². The number of amides is 2. The van der Waals surface area contributed by atoms with E-state index in [1.165, 1.54) is 22.3 Å². The van der Waals surface area contributed by atoms with Gasteiger partial charge in [-0.05, 0) is 103 Å². The second-order valence-electron chi connectivity index (χ2n) is 21.0. The normalized spacial score (nSPS) is 16.7. The van der Waals surface area contributed by atoms with Gasteiger partial charge in [-0.25, -0.2) is 4.79 Å². The van der Waals surface area contributed by atoms with Gasteiger partial charge >= 0.3 is 5.97 Å². The number of carboxylic acids is 1. The van der Waals surface area contributed by atoms with Crippen molar-refractivity contribution < 1.29 is 24.3 Å². The van der Waals surface area contributed by atoms with Crippen LogP contribution in [0.2, 0.25) is 0 Å². The second-order valence-corrected chi connectivity index (χ2v) is 21.0. The Labute approximate surface area is 378 Å². The Hall–Kier alpha value is -4.26. The molecule has 7 nitrogen and oxygen atoms in total. The molecule has 0 aliphatic heterocycles. The number of hydrogen-bond donors (Lipinski definition) is 3. The van der Waals surface area contributed by atoms with Crippen LogP contribution in [0.25, 0.3) is 0 Å². The lowest BCUT2D eigenvalue weighted by Crippen LogP contribution is -2.42. The largest absolute Gasteiger partial charge is 0.480 e. The Morgan fingerprint density at radius 3 is 1.66 bits per heavy atom. The summed E-state index contributed by atoms with van der Waals surface area (Å²) >= 11 is 0. The van der Waals surface area contributed by atoms with Gasteiger partial charge in [-0.15, -0.1) is 0 Å². The number of unbranched alkanes of at least 4 members (excludes halogenated alkanes) is 1. The van der Waals surface area contributed by atoms with E-state index in [9.17, 15) is 24.3 Å².